The van der Waals surface area contributed by atoms with E-state index in [0.717, 1.165) is 19.3 Å². The fraction of sp³-hybridized carbons (Fsp3) is 0.320. The van der Waals surface area contributed by atoms with Gasteiger partial charge in [0.25, 0.3) is 5.56 Å². The molecule has 1 heterocycles. The molecule has 6 nitrogen and oxygen atoms in total. The van der Waals surface area contributed by atoms with Crippen LogP contribution in [-0.2, 0) is 6.54 Å². The minimum Gasteiger partial charge on any atom is -0.494 e. The summed E-state index contributed by atoms with van der Waals surface area (Å²) in [4.78, 5) is 31.3. The molecule has 0 aliphatic carbocycles. The van der Waals surface area contributed by atoms with E-state index >= 15 is 0 Å². The molecule has 0 radical (unpaired) electrons. The Morgan fingerprint density at radius 2 is 1.61 bits per heavy atom. The molecule has 0 aliphatic rings. The molecule has 0 saturated heterocycles. The van der Waals surface area contributed by atoms with E-state index in [1.54, 1.807) is 6.92 Å². The SMILES string of the molecule is CCCCn1c(O)c(C(C)=NCCC(c2ccccc2)c2ccccc2)c(=O)[nH]c1=O. The number of unbranched alkanes of at least 4 members (excludes halogenated alkanes) is 1. The van der Waals surface area contributed by atoms with Crippen LogP contribution in [0.2, 0.25) is 0 Å². The summed E-state index contributed by atoms with van der Waals surface area (Å²) in [7, 11) is 0. The fourth-order valence-corrected chi connectivity index (χ4v) is 3.75. The lowest BCUT2D eigenvalue weighted by atomic mass is 9.88. The molecule has 0 bridgehead atoms. The van der Waals surface area contributed by atoms with Gasteiger partial charge in [0.1, 0.15) is 5.56 Å². The molecule has 3 rings (SSSR count). The molecule has 0 fully saturated rings. The number of H-pyrrole nitrogens is 1. The van der Waals surface area contributed by atoms with Crippen molar-refractivity contribution in [3.63, 3.8) is 0 Å². The number of hydrogen-bond acceptors (Lipinski definition) is 4. The molecule has 1 aromatic heterocycles. The summed E-state index contributed by atoms with van der Waals surface area (Å²) in [6.45, 7) is 4.52. The summed E-state index contributed by atoms with van der Waals surface area (Å²) in [6, 6.07) is 20.5. The molecule has 6 heteroatoms. The zero-order valence-electron chi connectivity index (χ0n) is 18.0. The van der Waals surface area contributed by atoms with Gasteiger partial charge in [0, 0.05) is 24.7 Å². The zero-order valence-corrected chi connectivity index (χ0v) is 18.0. The van der Waals surface area contributed by atoms with Gasteiger partial charge in [-0.2, -0.15) is 0 Å². The van der Waals surface area contributed by atoms with E-state index < -0.39 is 11.2 Å². The monoisotopic (exact) mass is 419 g/mol. The molecule has 0 unspecified atom stereocenters. The first-order chi connectivity index (χ1) is 15.0. The molecule has 3 aromatic rings. The highest BCUT2D eigenvalue weighted by atomic mass is 16.3. The minimum atomic E-state index is -0.612. The fourth-order valence-electron chi connectivity index (χ4n) is 3.75. The second-order valence-electron chi connectivity index (χ2n) is 7.59. The molecule has 0 aliphatic heterocycles. The van der Waals surface area contributed by atoms with Crippen LogP contribution in [0.5, 0.6) is 5.88 Å². The van der Waals surface area contributed by atoms with Gasteiger partial charge in [-0.25, -0.2) is 4.79 Å². The first-order valence-corrected chi connectivity index (χ1v) is 10.7. The highest BCUT2D eigenvalue weighted by Crippen LogP contribution is 2.28. The number of nitrogens with one attached hydrogen (secondary N) is 1. The average Bonchev–Trinajstić information content (AvgIpc) is 2.77. The minimum absolute atomic E-state index is 0.0617. The van der Waals surface area contributed by atoms with E-state index in [0.29, 0.717) is 18.8 Å². The van der Waals surface area contributed by atoms with Crippen molar-refractivity contribution in [2.24, 2.45) is 4.99 Å². The smallest absolute Gasteiger partial charge is 0.331 e. The number of nitrogens with zero attached hydrogens (tertiary/aromatic N) is 2. The van der Waals surface area contributed by atoms with Gasteiger partial charge in [-0.3, -0.25) is 19.3 Å². The predicted octanol–water partition coefficient (Wildman–Crippen LogP) is 4.07. The van der Waals surface area contributed by atoms with Crippen molar-refractivity contribution >= 4 is 5.71 Å². The number of benzene rings is 2. The summed E-state index contributed by atoms with van der Waals surface area (Å²) in [5.41, 5.74) is 1.68. The lowest BCUT2D eigenvalue weighted by molar-refractivity contribution is 0.394. The van der Waals surface area contributed by atoms with Crippen LogP contribution in [0.3, 0.4) is 0 Å². The van der Waals surface area contributed by atoms with Gasteiger partial charge >= 0.3 is 5.69 Å². The average molecular weight is 420 g/mol. The molecule has 0 saturated carbocycles. The van der Waals surface area contributed by atoms with E-state index in [9.17, 15) is 14.7 Å². The number of hydrogen-bond donors (Lipinski definition) is 2. The first-order valence-electron chi connectivity index (χ1n) is 10.7. The molecule has 162 valence electrons. The Labute approximate surface area is 181 Å². The lowest BCUT2D eigenvalue weighted by Gasteiger charge is -2.17. The highest BCUT2D eigenvalue weighted by molar-refractivity contribution is 6.00. The van der Waals surface area contributed by atoms with Gasteiger partial charge in [0.05, 0.1) is 0 Å². The summed E-state index contributed by atoms with van der Waals surface area (Å²) >= 11 is 0. The van der Waals surface area contributed by atoms with Crippen LogP contribution in [0, 0.1) is 0 Å². The third-order valence-electron chi connectivity index (χ3n) is 5.44. The quantitative estimate of drug-likeness (QED) is 0.513. The molecular formula is C25H29N3O3. The molecule has 2 N–H and O–H groups in total. The largest absolute Gasteiger partial charge is 0.494 e. The van der Waals surface area contributed by atoms with E-state index in [2.05, 4.69) is 34.2 Å². The molecule has 0 amide bonds. The number of aromatic amines is 1. The molecule has 0 atom stereocenters. The van der Waals surface area contributed by atoms with Crippen molar-refractivity contribution in [2.75, 3.05) is 6.54 Å². The number of aromatic nitrogens is 2. The van der Waals surface area contributed by atoms with Gasteiger partial charge in [0.2, 0.25) is 5.88 Å². The van der Waals surface area contributed by atoms with Crippen molar-refractivity contribution in [3.05, 3.63) is 98.2 Å². The van der Waals surface area contributed by atoms with Gasteiger partial charge in [-0.1, -0.05) is 74.0 Å². The topological polar surface area (TPSA) is 87.4 Å². The Balaban J connectivity index is 1.85. The van der Waals surface area contributed by atoms with Crippen LogP contribution in [0.4, 0.5) is 0 Å². The Bertz CT molecular complexity index is 1090. The van der Waals surface area contributed by atoms with E-state index in [1.165, 1.54) is 15.7 Å². The Kier molecular flexibility index (Phi) is 7.60. The van der Waals surface area contributed by atoms with Crippen LogP contribution in [0.1, 0.15) is 55.7 Å². The predicted molar refractivity (Wildman–Crippen MR) is 124 cm³/mol. The molecule has 0 spiro atoms. The maximum atomic E-state index is 12.4. The van der Waals surface area contributed by atoms with E-state index in [4.69, 9.17) is 0 Å². The van der Waals surface area contributed by atoms with E-state index in [1.807, 2.05) is 43.3 Å². The van der Waals surface area contributed by atoms with Crippen LogP contribution in [0.15, 0.2) is 75.2 Å². The van der Waals surface area contributed by atoms with Crippen LogP contribution in [-0.4, -0.2) is 26.9 Å². The standard InChI is InChI=1S/C25H29N3O3/c1-3-4-17-28-24(30)22(23(29)27-25(28)31)18(2)26-16-15-21(19-11-7-5-8-12-19)20-13-9-6-10-14-20/h5-14,21,30H,3-4,15-17H2,1-2H3,(H,27,29,31). The molecule has 2 aromatic carbocycles. The van der Waals surface area contributed by atoms with Gasteiger partial charge < -0.3 is 5.11 Å². The van der Waals surface area contributed by atoms with Crippen LogP contribution in [0.25, 0.3) is 0 Å². The molecule has 31 heavy (non-hydrogen) atoms. The van der Waals surface area contributed by atoms with Gasteiger partial charge in [-0.05, 0) is 30.9 Å². The Morgan fingerprint density at radius 3 is 2.16 bits per heavy atom. The van der Waals surface area contributed by atoms with Crippen molar-refractivity contribution in [2.45, 2.75) is 45.6 Å². The summed E-state index contributed by atoms with van der Waals surface area (Å²) in [5.74, 6) is -0.143. The number of aliphatic imine (C=N–C) groups is 1. The third kappa shape index (κ3) is 5.40. The van der Waals surface area contributed by atoms with Gasteiger partial charge in [-0.15, -0.1) is 0 Å². The second kappa shape index (κ2) is 10.6. The van der Waals surface area contributed by atoms with Gasteiger partial charge in [0.15, 0.2) is 0 Å². The van der Waals surface area contributed by atoms with Crippen LogP contribution >= 0.6 is 0 Å². The van der Waals surface area contributed by atoms with Crippen molar-refractivity contribution < 1.29 is 5.11 Å². The summed E-state index contributed by atoms with van der Waals surface area (Å²) in [6.07, 6.45) is 2.35. The molecular weight excluding hydrogens is 390 g/mol. The number of rotatable bonds is 9. The van der Waals surface area contributed by atoms with Crippen molar-refractivity contribution in [3.8, 4) is 5.88 Å². The first kappa shape index (κ1) is 22.3. The number of aromatic hydroxyl groups is 1. The van der Waals surface area contributed by atoms with Crippen LogP contribution < -0.4 is 11.2 Å². The summed E-state index contributed by atoms with van der Waals surface area (Å²) in [5, 5.41) is 10.6. The maximum absolute atomic E-state index is 12.4. The Morgan fingerprint density at radius 1 is 1.03 bits per heavy atom. The normalized spacial score (nSPS) is 11.8. The Hall–Kier alpha value is -3.41. The maximum Gasteiger partial charge on any atom is 0.331 e. The van der Waals surface area contributed by atoms with E-state index in [-0.39, 0.29) is 17.4 Å². The third-order valence-corrected chi connectivity index (χ3v) is 5.44. The summed E-state index contributed by atoms with van der Waals surface area (Å²) < 4.78 is 1.20. The lowest BCUT2D eigenvalue weighted by Crippen LogP contribution is -2.33. The zero-order chi connectivity index (χ0) is 22.2. The second-order valence-corrected chi connectivity index (χ2v) is 7.59. The van der Waals surface area contributed by atoms with Crippen molar-refractivity contribution in [1.29, 1.82) is 0 Å². The highest BCUT2D eigenvalue weighted by Gasteiger charge is 2.17. The van der Waals surface area contributed by atoms with Crippen molar-refractivity contribution in [1.82, 2.24) is 9.55 Å².